The van der Waals surface area contributed by atoms with E-state index in [1.165, 1.54) is 12.8 Å². The molecule has 1 unspecified atom stereocenters. The van der Waals surface area contributed by atoms with Crippen LogP contribution in [0.1, 0.15) is 46.5 Å². The van der Waals surface area contributed by atoms with Gasteiger partial charge in [-0.3, -0.25) is 0 Å². The number of hydrogen-bond acceptors (Lipinski definition) is 2. The van der Waals surface area contributed by atoms with E-state index in [4.69, 9.17) is 0 Å². The smallest absolute Gasteiger partial charge is 0.0499 e. The molecular formula is C13H27NO. The van der Waals surface area contributed by atoms with E-state index in [0.29, 0.717) is 6.61 Å². The SMILES string of the molecule is CCC(CC)(CO)CNCC(C)C1CC1. The first kappa shape index (κ1) is 13.0. The molecule has 15 heavy (non-hydrogen) atoms. The van der Waals surface area contributed by atoms with Crippen LogP contribution in [0.25, 0.3) is 0 Å². The summed E-state index contributed by atoms with van der Waals surface area (Å²) in [6.07, 6.45) is 4.97. The number of aliphatic hydroxyl groups excluding tert-OH is 1. The van der Waals surface area contributed by atoms with Crippen LogP contribution in [0.3, 0.4) is 0 Å². The van der Waals surface area contributed by atoms with E-state index in [2.05, 4.69) is 26.1 Å². The third-order valence-electron chi connectivity index (χ3n) is 4.23. The lowest BCUT2D eigenvalue weighted by Gasteiger charge is -2.30. The van der Waals surface area contributed by atoms with E-state index in [1.807, 2.05) is 0 Å². The topological polar surface area (TPSA) is 32.3 Å². The molecule has 0 aliphatic heterocycles. The average molecular weight is 213 g/mol. The Balaban J connectivity index is 2.20. The van der Waals surface area contributed by atoms with E-state index >= 15 is 0 Å². The first-order chi connectivity index (χ1) is 7.17. The molecule has 1 saturated carbocycles. The first-order valence-electron chi connectivity index (χ1n) is 6.49. The second kappa shape index (κ2) is 5.86. The van der Waals surface area contributed by atoms with Gasteiger partial charge in [0, 0.05) is 18.6 Å². The minimum Gasteiger partial charge on any atom is -0.396 e. The van der Waals surface area contributed by atoms with Gasteiger partial charge in [-0.15, -0.1) is 0 Å². The van der Waals surface area contributed by atoms with Crippen molar-refractivity contribution in [3.05, 3.63) is 0 Å². The van der Waals surface area contributed by atoms with Crippen molar-refractivity contribution in [1.29, 1.82) is 0 Å². The van der Waals surface area contributed by atoms with Crippen LogP contribution in [0, 0.1) is 17.3 Å². The zero-order valence-electron chi connectivity index (χ0n) is 10.6. The molecule has 2 heteroatoms. The van der Waals surface area contributed by atoms with Crippen molar-refractivity contribution >= 4 is 0 Å². The highest BCUT2D eigenvalue weighted by atomic mass is 16.3. The number of rotatable bonds is 8. The van der Waals surface area contributed by atoms with Crippen molar-refractivity contribution in [1.82, 2.24) is 5.32 Å². The van der Waals surface area contributed by atoms with Gasteiger partial charge in [0.05, 0.1) is 0 Å². The van der Waals surface area contributed by atoms with Gasteiger partial charge >= 0.3 is 0 Å². The normalized spacial score (nSPS) is 19.2. The Hall–Kier alpha value is -0.0800. The minimum absolute atomic E-state index is 0.114. The predicted octanol–water partition coefficient (Wildman–Crippen LogP) is 2.42. The molecule has 0 heterocycles. The molecule has 2 N–H and O–H groups in total. The molecule has 90 valence electrons. The van der Waals surface area contributed by atoms with Gasteiger partial charge in [0.15, 0.2) is 0 Å². The van der Waals surface area contributed by atoms with Crippen LogP contribution in [-0.4, -0.2) is 24.8 Å². The Morgan fingerprint density at radius 3 is 2.33 bits per heavy atom. The Kier molecular flexibility index (Phi) is 5.07. The summed E-state index contributed by atoms with van der Waals surface area (Å²) in [5.41, 5.74) is 0.114. The van der Waals surface area contributed by atoms with Gasteiger partial charge in [0.2, 0.25) is 0 Å². The minimum atomic E-state index is 0.114. The van der Waals surface area contributed by atoms with Gasteiger partial charge in [0.25, 0.3) is 0 Å². The fraction of sp³-hybridized carbons (Fsp3) is 1.00. The van der Waals surface area contributed by atoms with Crippen molar-refractivity contribution in [3.8, 4) is 0 Å². The van der Waals surface area contributed by atoms with Crippen LogP contribution >= 0.6 is 0 Å². The number of aliphatic hydroxyl groups is 1. The van der Waals surface area contributed by atoms with Crippen molar-refractivity contribution in [2.75, 3.05) is 19.7 Å². The van der Waals surface area contributed by atoms with Gasteiger partial charge in [-0.25, -0.2) is 0 Å². The Morgan fingerprint density at radius 1 is 1.33 bits per heavy atom. The summed E-state index contributed by atoms with van der Waals surface area (Å²) in [7, 11) is 0. The Bertz CT molecular complexity index is 165. The Labute approximate surface area is 94.5 Å². The molecular weight excluding hydrogens is 186 g/mol. The van der Waals surface area contributed by atoms with Crippen LogP contribution in [0.15, 0.2) is 0 Å². The summed E-state index contributed by atoms with van der Waals surface area (Å²) in [6, 6.07) is 0. The van der Waals surface area contributed by atoms with Crippen LogP contribution in [-0.2, 0) is 0 Å². The van der Waals surface area contributed by atoms with Crippen LogP contribution in [0.4, 0.5) is 0 Å². The maximum absolute atomic E-state index is 9.42. The molecule has 1 aliphatic carbocycles. The molecule has 1 aliphatic rings. The first-order valence-corrected chi connectivity index (χ1v) is 6.49. The largest absolute Gasteiger partial charge is 0.396 e. The summed E-state index contributed by atoms with van der Waals surface area (Å²) in [5.74, 6) is 1.79. The monoisotopic (exact) mass is 213 g/mol. The van der Waals surface area contributed by atoms with Crippen LogP contribution in [0.5, 0.6) is 0 Å². The molecule has 0 saturated heterocycles. The molecule has 0 amide bonds. The zero-order valence-corrected chi connectivity index (χ0v) is 10.6. The van der Waals surface area contributed by atoms with Gasteiger partial charge in [0.1, 0.15) is 0 Å². The quantitative estimate of drug-likeness (QED) is 0.649. The van der Waals surface area contributed by atoms with Crippen molar-refractivity contribution in [2.24, 2.45) is 17.3 Å². The molecule has 0 aromatic rings. The van der Waals surface area contributed by atoms with Gasteiger partial charge in [-0.1, -0.05) is 20.8 Å². The Morgan fingerprint density at radius 2 is 1.93 bits per heavy atom. The number of hydrogen-bond donors (Lipinski definition) is 2. The fourth-order valence-electron chi connectivity index (χ4n) is 2.18. The lowest BCUT2D eigenvalue weighted by Crippen LogP contribution is -2.38. The zero-order chi connectivity index (χ0) is 11.3. The molecule has 0 bridgehead atoms. The summed E-state index contributed by atoms with van der Waals surface area (Å²) < 4.78 is 0. The van der Waals surface area contributed by atoms with Crippen molar-refractivity contribution < 1.29 is 5.11 Å². The molecule has 1 atom stereocenters. The fourth-order valence-corrected chi connectivity index (χ4v) is 2.18. The third-order valence-corrected chi connectivity index (χ3v) is 4.23. The van der Waals surface area contributed by atoms with E-state index in [-0.39, 0.29) is 5.41 Å². The highest BCUT2D eigenvalue weighted by molar-refractivity contribution is 4.82. The summed E-state index contributed by atoms with van der Waals surface area (Å²) >= 11 is 0. The van der Waals surface area contributed by atoms with E-state index in [0.717, 1.165) is 37.8 Å². The molecule has 1 rings (SSSR count). The van der Waals surface area contributed by atoms with Gasteiger partial charge in [-0.2, -0.15) is 0 Å². The van der Waals surface area contributed by atoms with E-state index in [1.54, 1.807) is 0 Å². The summed E-state index contributed by atoms with van der Waals surface area (Å²) in [4.78, 5) is 0. The average Bonchev–Trinajstić information content (AvgIpc) is 3.08. The molecule has 0 spiro atoms. The van der Waals surface area contributed by atoms with Crippen LogP contribution in [0.2, 0.25) is 0 Å². The van der Waals surface area contributed by atoms with E-state index < -0.39 is 0 Å². The molecule has 0 radical (unpaired) electrons. The molecule has 0 aromatic carbocycles. The highest BCUT2D eigenvalue weighted by Crippen LogP contribution is 2.36. The summed E-state index contributed by atoms with van der Waals surface area (Å²) in [5, 5.41) is 13.0. The van der Waals surface area contributed by atoms with Crippen molar-refractivity contribution in [2.45, 2.75) is 46.5 Å². The standard InChI is InChI=1S/C13H27NO/c1-4-13(5-2,10-15)9-14-8-11(3)12-6-7-12/h11-12,14-15H,4-10H2,1-3H3. The maximum atomic E-state index is 9.42. The van der Waals surface area contributed by atoms with Gasteiger partial charge in [-0.05, 0) is 44.1 Å². The lowest BCUT2D eigenvalue weighted by molar-refractivity contribution is 0.112. The second-order valence-electron chi connectivity index (χ2n) is 5.31. The highest BCUT2D eigenvalue weighted by Gasteiger charge is 2.29. The lowest BCUT2D eigenvalue weighted by atomic mass is 9.83. The molecule has 0 aromatic heterocycles. The maximum Gasteiger partial charge on any atom is 0.0499 e. The van der Waals surface area contributed by atoms with E-state index in [9.17, 15) is 5.11 Å². The third kappa shape index (κ3) is 3.76. The predicted molar refractivity (Wildman–Crippen MR) is 64.9 cm³/mol. The molecule has 2 nitrogen and oxygen atoms in total. The summed E-state index contributed by atoms with van der Waals surface area (Å²) in [6.45, 7) is 9.07. The van der Waals surface area contributed by atoms with Gasteiger partial charge < -0.3 is 10.4 Å². The van der Waals surface area contributed by atoms with Crippen LogP contribution < -0.4 is 5.32 Å². The second-order valence-corrected chi connectivity index (χ2v) is 5.31. The number of nitrogens with one attached hydrogen (secondary N) is 1. The van der Waals surface area contributed by atoms with Crippen molar-refractivity contribution in [3.63, 3.8) is 0 Å². The molecule has 1 fully saturated rings.